The maximum atomic E-state index is 5.89. The Morgan fingerprint density at radius 1 is 1.32 bits per heavy atom. The van der Waals surface area contributed by atoms with Gasteiger partial charge in [0.05, 0.1) is 0 Å². The van der Waals surface area contributed by atoms with Crippen molar-refractivity contribution in [3.8, 4) is 0 Å². The highest BCUT2D eigenvalue weighted by Gasteiger charge is 2.24. The fourth-order valence-corrected chi connectivity index (χ4v) is 3.34. The predicted octanol–water partition coefficient (Wildman–Crippen LogP) is 4.07. The van der Waals surface area contributed by atoms with Crippen LogP contribution in [0.25, 0.3) is 0 Å². The van der Waals surface area contributed by atoms with Crippen LogP contribution in [0.5, 0.6) is 0 Å². The Hall–Kier alpha value is -0.380. The zero-order valence-electron chi connectivity index (χ0n) is 13.2. The topological polar surface area (TPSA) is 29.3 Å². The highest BCUT2D eigenvalue weighted by molar-refractivity contribution is 7.12. The third-order valence-corrected chi connectivity index (χ3v) is 5.08. The van der Waals surface area contributed by atoms with Gasteiger partial charge in [-0.3, -0.25) is 4.90 Å². The second-order valence-electron chi connectivity index (χ2n) is 6.17. The van der Waals surface area contributed by atoms with Crippen molar-refractivity contribution in [2.24, 2.45) is 11.1 Å². The quantitative estimate of drug-likeness (QED) is 0.779. The van der Waals surface area contributed by atoms with Gasteiger partial charge in [0.25, 0.3) is 0 Å². The minimum absolute atomic E-state index is 0.189. The highest BCUT2D eigenvalue weighted by atomic mass is 32.1. The summed E-state index contributed by atoms with van der Waals surface area (Å²) < 4.78 is 0. The molecule has 0 saturated heterocycles. The summed E-state index contributed by atoms with van der Waals surface area (Å²) in [6.45, 7) is 14.3. The number of nitrogens with zero attached hydrogens (tertiary/aromatic N) is 1. The lowest BCUT2D eigenvalue weighted by Crippen LogP contribution is -2.40. The molecular weight excluding hydrogens is 252 g/mol. The van der Waals surface area contributed by atoms with E-state index in [1.165, 1.54) is 16.2 Å². The van der Waals surface area contributed by atoms with Crippen LogP contribution in [-0.4, -0.2) is 24.5 Å². The Morgan fingerprint density at radius 2 is 2.00 bits per heavy atom. The Morgan fingerprint density at radius 3 is 2.47 bits per heavy atom. The molecule has 2 nitrogen and oxygen atoms in total. The first kappa shape index (κ1) is 16.7. The van der Waals surface area contributed by atoms with Gasteiger partial charge in [-0.25, -0.2) is 0 Å². The summed E-state index contributed by atoms with van der Waals surface area (Å²) in [4.78, 5) is 5.55. The molecule has 0 fully saturated rings. The number of rotatable bonds is 8. The van der Waals surface area contributed by atoms with Gasteiger partial charge in [-0.2, -0.15) is 0 Å². The van der Waals surface area contributed by atoms with Crippen LogP contribution < -0.4 is 5.73 Å². The summed E-state index contributed by atoms with van der Waals surface area (Å²) in [7, 11) is 0. The second-order valence-corrected chi connectivity index (χ2v) is 7.37. The van der Waals surface area contributed by atoms with E-state index in [0.717, 1.165) is 26.1 Å². The van der Waals surface area contributed by atoms with Gasteiger partial charge in [-0.15, -0.1) is 11.3 Å². The standard InChI is InChI=1S/C16H30N2S/c1-6-10-18(12-16(4,5)11-17)13(3)15-9-8-14(7-2)19-15/h8-9,13H,6-7,10-12,17H2,1-5H3. The lowest BCUT2D eigenvalue weighted by atomic mass is 9.92. The first-order valence-electron chi connectivity index (χ1n) is 7.46. The first-order valence-corrected chi connectivity index (χ1v) is 8.28. The molecule has 0 aliphatic carbocycles. The molecule has 1 rings (SSSR count). The van der Waals surface area contributed by atoms with Crippen LogP contribution in [-0.2, 0) is 6.42 Å². The average molecular weight is 282 g/mol. The Labute approximate surface area is 123 Å². The summed E-state index contributed by atoms with van der Waals surface area (Å²) >= 11 is 1.96. The fraction of sp³-hybridized carbons (Fsp3) is 0.750. The summed E-state index contributed by atoms with van der Waals surface area (Å²) in [5.74, 6) is 0. The van der Waals surface area contributed by atoms with Crippen molar-refractivity contribution in [2.75, 3.05) is 19.6 Å². The smallest absolute Gasteiger partial charge is 0.0413 e. The summed E-state index contributed by atoms with van der Waals surface area (Å²) in [6, 6.07) is 5.07. The van der Waals surface area contributed by atoms with Crippen molar-refractivity contribution >= 4 is 11.3 Å². The van der Waals surface area contributed by atoms with Crippen molar-refractivity contribution in [1.29, 1.82) is 0 Å². The van der Waals surface area contributed by atoms with Crippen molar-refractivity contribution in [3.05, 3.63) is 21.9 Å². The van der Waals surface area contributed by atoms with Crippen molar-refractivity contribution in [1.82, 2.24) is 4.90 Å². The Bertz CT molecular complexity index is 371. The summed E-state index contributed by atoms with van der Waals surface area (Å²) in [5.41, 5.74) is 6.08. The fourth-order valence-electron chi connectivity index (χ4n) is 2.30. The van der Waals surface area contributed by atoms with Crippen molar-refractivity contribution in [3.63, 3.8) is 0 Å². The molecule has 1 unspecified atom stereocenters. The van der Waals surface area contributed by atoms with Crippen LogP contribution in [0.2, 0.25) is 0 Å². The first-order chi connectivity index (χ1) is 8.93. The van der Waals surface area contributed by atoms with Gasteiger partial charge in [0.15, 0.2) is 0 Å². The molecule has 0 amide bonds. The summed E-state index contributed by atoms with van der Waals surface area (Å²) in [6.07, 6.45) is 2.33. The number of thiophene rings is 1. The zero-order valence-corrected chi connectivity index (χ0v) is 14.0. The van der Waals surface area contributed by atoms with E-state index in [0.29, 0.717) is 6.04 Å². The Balaban J connectivity index is 2.79. The number of hydrogen-bond acceptors (Lipinski definition) is 3. The van der Waals surface area contributed by atoms with Crippen molar-refractivity contribution in [2.45, 2.75) is 53.5 Å². The maximum absolute atomic E-state index is 5.89. The van der Waals surface area contributed by atoms with Gasteiger partial charge in [-0.05, 0) is 50.4 Å². The molecule has 0 spiro atoms. The third kappa shape index (κ3) is 4.90. The van der Waals surface area contributed by atoms with E-state index in [9.17, 15) is 0 Å². The van der Waals surface area contributed by atoms with Gasteiger partial charge in [0.1, 0.15) is 0 Å². The molecular formula is C16H30N2S. The van der Waals surface area contributed by atoms with E-state index in [-0.39, 0.29) is 5.41 Å². The molecule has 0 saturated carbocycles. The molecule has 0 aliphatic heterocycles. The highest BCUT2D eigenvalue weighted by Crippen LogP contribution is 2.30. The number of hydrogen-bond donors (Lipinski definition) is 1. The molecule has 1 heterocycles. The molecule has 0 aliphatic rings. The van der Waals surface area contributed by atoms with Crippen LogP contribution in [0.1, 0.15) is 56.8 Å². The SMILES string of the molecule is CCCN(CC(C)(C)CN)C(C)c1ccc(CC)s1. The molecule has 0 radical (unpaired) electrons. The van der Waals surface area contributed by atoms with Crippen LogP contribution in [0.4, 0.5) is 0 Å². The zero-order chi connectivity index (χ0) is 14.5. The molecule has 0 bridgehead atoms. The van der Waals surface area contributed by atoms with E-state index in [4.69, 9.17) is 5.73 Å². The molecule has 0 aromatic carbocycles. The molecule has 1 aromatic heterocycles. The van der Waals surface area contributed by atoms with Crippen LogP contribution >= 0.6 is 11.3 Å². The van der Waals surface area contributed by atoms with E-state index in [2.05, 4.69) is 51.7 Å². The van der Waals surface area contributed by atoms with E-state index in [1.807, 2.05) is 11.3 Å². The molecule has 1 atom stereocenters. The van der Waals surface area contributed by atoms with Crippen LogP contribution in [0, 0.1) is 5.41 Å². The van der Waals surface area contributed by atoms with Gasteiger partial charge < -0.3 is 5.73 Å². The predicted molar refractivity (Wildman–Crippen MR) is 86.8 cm³/mol. The van der Waals surface area contributed by atoms with Crippen LogP contribution in [0.3, 0.4) is 0 Å². The van der Waals surface area contributed by atoms with Gasteiger partial charge in [0.2, 0.25) is 0 Å². The number of nitrogens with two attached hydrogens (primary N) is 1. The molecule has 2 N–H and O–H groups in total. The van der Waals surface area contributed by atoms with Crippen LogP contribution in [0.15, 0.2) is 12.1 Å². The van der Waals surface area contributed by atoms with E-state index in [1.54, 1.807) is 0 Å². The van der Waals surface area contributed by atoms with Gasteiger partial charge >= 0.3 is 0 Å². The minimum atomic E-state index is 0.189. The number of aryl methyl sites for hydroxylation is 1. The third-order valence-electron chi connectivity index (χ3n) is 3.68. The van der Waals surface area contributed by atoms with Crippen molar-refractivity contribution < 1.29 is 0 Å². The van der Waals surface area contributed by atoms with E-state index < -0.39 is 0 Å². The lowest BCUT2D eigenvalue weighted by Gasteiger charge is -2.35. The van der Waals surface area contributed by atoms with E-state index >= 15 is 0 Å². The monoisotopic (exact) mass is 282 g/mol. The van der Waals surface area contributed by atoms with Gasteiger partial charge in [-0.1, -0.05) is 27.7 Å². The lowest BCUT2D eigenvalue weighted by molar-refractivity contribution is 0.142. The minimum Gasteiger partial charge on any atom is -0.330 e. The molecule has 110 valence electrons. The molecule has 1 aromatic rings. The largest absolute Gasteiger partial charge is 0.330 e. The Kier molecular flexibility index (Phi) is 6.51. The normalized spacial score (nSPS) is 14.1. The average Bonchev–Trinajstić information content (AvgIpc) is 2.86. The van der Waals surface area contributed by atoms with Gasteiger partial charge in [0, 0.05) is 22.3 Å². The summed E-state index contributed by atoms with van der Waals surface area (Å²) in [5, 5.41) is 0. The second kappa shape index (κ2) is 7.41. The maximum Gasteiger partial charge on any atom is 0.0413 e. The molecule has 3 heteroatoms. The molecule has 19 heavy (non-hydrogen) atoms.